The van der Waals surface area contributed by atoms with Crippen LogP contribution in [-0.2, 0) is 0 Å². The number of nitrogens with zero attached hydrogens (tertiary/aromatic N) is 1. The molecule has 1 aromatic carbocycles. The molecule has 0 atom stereocenters. The predicted molar refractivity (Wildman–Crippen MR) is 81.5 cm³/mol. The average Bonchev–Trinajstić information content (AvgIpc) is 2.41. The van der Waals surface area contributed by atoms with Gasteiger partial charge in [0.25, 0.3) is 0 Å². The minimum atomic E-state index is 0.788. The normalized spacial score (nSPS) is 10.2. The van der Waals surface area contributed by atoms with E-state index in [2.05, 4.69) is 12.3 Å². The third kappa shape index (κ3) is 6.54. The largest absolute Gasteiger partial charge is 0.494 e. The quantitative estimate of drug-likeness (QED) is 0.348. The molecular formula is C16H23NOS. The van der Waals surface area contributed by atoms with Crippen LogP contribution >= 0.6 is 11.8 Å². The Morgan fingerprint density at radius 2 is 1.89 bits per heavy atom. The van der Waals surface area contributed by atoms with Gasteiger partial charge in [-0.2, -0.15) is 5.26 Å². The first-order chi connectivity index (χ1) is 9.27. The predicted octanol–water partition coefficient (Wildman–Crippen LogP) is 5.31. The minimum Gasteiger partial charge on any atom is -0.494 e. The van der Waals surface area contributed by atoms with Crippen molar-refractivity contribution < 1.29 is 4.74 Å². The first kappa shape index (κ1) is 15.9. The molecule has 0 aliphatic heterocycles. The van der Waals surface area contributed by atoms with Crippen LogP contribution in [0.15, 0.2) is 23.1 Å². The molecule has 3 heteroatoms. The summed E-state index contributed by atoms with van der Waals surface area (Å²) in [5.41, 5.74) is 1.10. The van der Waals surface area contributed by atoms with Gasteiger partial charge in [-0.05, 0) is 48.9 Å². The van der Waals surface area contributed by atoms with Crippen molar-refractivity contribution in [3.63, 3.8) is 0 Å². The van der Waals surface area contributed by atoms with Gasteiger partial charge < -0.3 is 4.74 Å². The van der Waals surface area contributed by atoms with Gasteiger partial charge in [-0.25, -0.2) is 0 Å². The lowest BCUT2D eigenvalue weighted by Gasteiger charge is -2.08. The van der Waals surface area contributed by atoms with Gasteiger partial charge >= 0.3 is 0 Å². The second-order valence-corrected chi connectivity index (χ2v) is 5.56. The number of unbranched alkanes of at least 4 members (excludes halogenated alkanes) is 5. The Balaban J connectivity index is 2.23. The number of rotatable bonds is 9. The van der Waals surface area contributed by atoms with Crippen molar-refractivity contribution in [3.05, 3.63) is 23.8 Å². The fourth-order valence-electron chi connectivity index (χ4n) is 1.95. The summed E-state index contributed by atoms with van der Waals surface area (Å²) in [6, 6.07) is 5.92. The third-order valence-electron chi connectivity index (χ3n) is 3.07. The highest BCUT2D eigenvalue weighted by Gasteiger charge is 2.01. The lowest BCUT2D eigenvalue weighted by molar-refractivity contribution is 0.304. The fourth-order valence-corrected chi connectivity index (χ4v) is 2.40. The standard InChI is InChI=1S/C16H23NOS/c1-3-4-5-6-7-8-11-18-15-9-10-16(19-13-17)14(2)12-15/h9-10,12H,3-8,11H2,1-2H3. The molecule has 2 nitrogen and oxygen atoms in total. The molecule has 0 heterocycles. The second kappa shape index (κ2) is 9.75. The number of aryl methyl sites for hydroxylation is 1. The van der Waals surface area contributed by atoms with E-state index < -0.39 is 0 Å². The Kier molecular flexibility index (Phi) is 8.16. The maximum absolute atomic E-state index is 8.66. The molecule has 0 N–H and O–H groups in total. The second-order valence-electron chi connectivity index (χ2n) is 4.74. The Morgan fingerprint density at radius 1 is 1.16 bits per heavy atom. The summed E-state index contributed by atoms with van der Waals surface area (Å²) < 4.78 is 5.73. The van der Waals surface area contributed by atoms with Crippen molar-refractivity contribution in [3.8, 4) is 11.2 Å². The summed E-state index contributed by atoms with van der Waals surface area (Å²) in [5.74, 6) is 0.911. The molecule has 0 aliphatic rings. The van der Waals surface area contributed by atoms with E-state index in [1.54, 1.807) is 0 Å². The summed E-state index contributed by atoms with van der Waals surface area (Å²) in [4.78, 5) is 1.01. The van der Waals surface area contributed by atoms with Gasteiger partial charge in [0, 0.05) is 4.90 Å². The molecule has 0 bridgehead atoms. The molecule has 0 saturated carbocycles. The average molecular weight is 277 g/mol. The van der Waals surface area contributed by atoms with E-state index in [-0.39, 0.29) is 0 Å². The van der Waals surface area contributed by atoms with Crippen molar-refractivity contribution in [1.82, 2.24) is 0 Å². The molecule has 0 amide bonds. The zero-order chi connectivity index (χ0) is 13.9. The Labute approximate surface area is 121 Å². The van der Waals surface area contributed by atoms with Crippen LogP contribution in [0.3, 0.4) is 0 Å². The number of hydrogen-bond acceptors (Lipinski definition) is 3. The van der Waals surface area contributed by atoms with Crippen LogP contribution < -0.4 is 4.74 Å². The highest BCUT2D eigenvalue weighted by molar-refractivity contribution is 8.03. The molecule has 0 aliphatic carbocycles. The van der Waals surface area contributed by atoms with E-state index in [1.165, 1.54) is 43.9 Å². The first-order valence-electron chi connectivity index (χ1n) is 7.07. The number of nitriles is 1. The van der Waals surface area contributed by atoms with E-state index in [1.807, 2.05) is 25.1 Å². The molecule has 0 radical (unpaired) electrons. The van der Waals surface area contributed by atoms with Crippen LogP contribution in [0.25, 0.3) is 0 Å². The molecule has 0 aromatic heterocycles. The monoisotopic (exact) mass is 277 g/mol. The molecule has 0 saturated heterocycles. The summed E-state index contributed by atoms with van der Waals surface area (Å²) in [5, 5.41) is 10.8. The third-order valence-corrected chi connectivity index (χ3v) is 3.84. The van der Waals surface area contributed by atoms with Crippen LogP contribution in [0.1, 0.15) is 51.0 Å². The fraction of sp³-hybridized carbons (Fsp3) is 0.562. The van der Waals surface area contributed by atoms with Gasteiger partial charge in [-0.1, -0.05) is 39.0 Å². The number of hydrogen-bond donors (Lipinski definition) is 0. The zero-order valence-corrected chi connectivity index (χ0v) is 12.8. The summed E-state index contributed by atoms with van der Waals surface area (Å²) in [6.45, 7) is 5.04. The van der Waals surface area contributed by atoms with E-state index >= 15 is 0 Å². The molecule has 0 spiro atoms. The SMILES string of the molecule is CCCCCCCCOc1ccc(SC#N)c(C)c1. The number of ether oxygens (including phenoxy) is 1. The van der Waals surface area contributed by atoms with Crippen LogP contribution in [0.2, 0.25) is 0 Å². The Hall–Kier alpha value is -1.14. The number of benzene rings is 1. The Bertz CT molecular complexity index is 412. The van der Waals surface area contributed by atoms with Gasteiger partial charge in [0.1, 0.15) is 11.2 Å². The van der Waals surface area contributed by atoms with Crippen molar-refractivity contribution >= 4 is 11.8 Å². The summed E-state index contributed by atoms with van der Waals surface area (Å²) in [7, 11) is 0. The van der Waals surface area contributed by atoms with Crippen molar-refractivity contribution in [2.24, 2.45) is 0 Å². The van der Waals surface area contributed by atoms with Crippen LogP contribution in [0.5, 0.6) is 5.75 Å². The van der Waals surface area contributed by atoms with E-state index in [0.717, 1.165) is 29.2 Å². The van der Waals surface area contributed by atoms with Crippen molar-refractivity contribution in [1.29, 1.82) is 5.26 Å². The lowest BCUT2D eigenvalue weighted by Crippen LogP contribution is -1.97. The van der Waals surface area contributed by atoms with E-state index in [0.29, 0.717) is 0 Å². The summed E-state index contributed by atoms with van der Waals surface area (Å²) in [6.07, 6.45) is 7.67. The summed E-state index contributed by atoms with van der Waals surface area (Å²) >= 11 is 1.20. The molecule has 0 unspecified atom stereocenters. The van der Waals surface area contributed by atoms with E-state index in [9.17, 15) is 0 Å². The first-order valence-corrected chi connectivity index (χ1v) is 7.89. The number of thioether (sulfide) groups is 1. The lowest BCUT2D eigenvalue weighted by atomic mass is 10.1. The van der Waals surface area contributed by atoms with Gasteiger partial charge in [-0.15, -0.1) is 0 Å². The molecule has 19 heavy (non-hydrogen) atoms. The topological polar surface area (TPSA) is 33.0 Å². The zero-order valence-electron chi connectivity index (χ0n) is 11.9. The van der Waals surface area contributed by atoms with E-state index in [4.69, 9.17) is 10.00 Å². The Morgan fingerprint density at radius 3 is 2.58 bits per heavy atom. The molecule has 104 valence electrons. The molecular weight excluding hydrogens is 254 g/mol. The van der Waals surface area contributed by atoms with Crippen LogP contribution in [0.4, 0.5) is 0 Å². The van der Waals surface area contributed by atoms with Gasteiger partial charge in [-0.3, -0.25) is 0 Å². The van der Waals surface area contributed by atoms with Gasteiger partial charge in [0.05, 0.1) is 6.61 Å². The van der Waals surface area contributed by atoms with Crippen molar-refractivity contribution in [2.45, 2.75) is 57.3 Å². The van der Waals surface area contributed by atoms with Gasteiger partial charge in [0.2, 0.25) is 0 Å². The maximum atomic E-state index is 8.66. The van der Waals surface area contributed by atoms with Crippen LogP contribution in [-0.4, -0.2) is 6.61 Å². The van der Waals surface area contributed by atoms with Crippen LogP contribution in [0, 0.1) is 17.6 Å². The smallest absolute Gasteiger partial charge is 0.138 e. The number of thiocyanates is 1. The van der Waals surface area contributed by atoms with Gasteiger partial charge in [0.15, 0.2) is 0 Å². The maximum Gasteiger partial charge on any atom is 0.138 e. The highest BCUT2D eigenvalue weighted by Crippen LogP contribution is 2.25. The minimum absolute atomic E-state index is 0.788. The molecule has 0 fully saturated rings. The highest BCUT2D eigenvalue weighted by atomic mass is 32.2. The van der Waals surface area contributed by atoms with Crippen molar-refractivity contribution in [2.75, 3.05) is 6.61 Å². The molecule has 1 rings (SSSR count). The molecule has 1 aromatic rings.